The van der Waals surface area contributed by atoms with Gasteiger partial charge in [0.05, 0.1) is 6.04 Å². The summed E-state index contributed by atoms with van der Waals surface area (Å²) in [4.78, 5) is 21.5. The van der Waals surface area contributed by atoms with E-state index in [9.17, 15) is 4.79 Å². The first kappa shape index (κ1) is 16.4. The van der Waals surface area contributed by atoms with Crippen molar-refractivity contribution in [3.63, 3.8) is 0 Å². The summed E-state index contributed by atoms with van der Waals surface area (Å²) in [5.41, 5.74) is 0. The van der Waals surface area contributed by atoms with E-state index >= 15 is 0 Å². The van der Waals surface area contributed by atoms with Crippen LogP contribution in [0.2, 0.25) is 0 Å². The Bertz CT molecular complexity index is 476. The monoisotopic (exact) mass is 310 g/mol. The number of likely N-dealkylation sites (N-methyl/N-ethyl adjacent to an activating group) is 1. The first-order valence-corrected chi connectivity index (χ1v) is 8.96. The predicted molar refractivity (Wildman–Crippen MR) is 87.3 cm³/mol. The molecular weight excluding hydrogens is 284 g/mol. The van der Waals surface area contributed by atoms with Gasteiger partial charge in [-0.25, -0.2) is 4.98 Å². The van der Waals surface area contributed by atoms with Crippen molar-refractivity contribution < 1.29 is 4.79 Å². The maximum Gasteiger partial charge on any atom is 0.226 e. The molecule has 0 radical (unpaired) electrons. The highest BCUT2D eigenvalue weighted by atomic mass is 32.2. The number of hydrogen-bond donors (Lipinski definition) is 0. The second kappa shape index (κ2) is 7.31. The number of thioether (sulfide) groups is 1. The van der Waals surface area contributed by atoms with Crippen LogP contribution in [-0.2, 0) is 11.8 Å². The highest BCUT2D eigenvalue weighted by Gasteiger charge is 2.33. The van der Waals surface area contributed by atoms with Gasteiger partial charge in [-0.3, -0.25) is 9.69 Å². The van der Waals surface area contributed by atoms with Gasteiger partial charge in [0, 0.05) is 50.7 Å². The van der Waals surface area contributed by atoms with E-state index in [0.29, 0.717) is 0 Å². The molecule has 0 aromatic carbocycles. The van der Waals surface area contributed by atoms with Gasteiger partial charge in [-0.2, -0.15) is 11.8 Å². The molecule has 1 amide bonds. The van der Waals surface area contributed by atoms with Crippen molar-refractivity contribution in [2.24, 2.45) is 13.0 Å². The third-order valence-electron chi connectivity index (χ3n) is 4.20. The molecule has 1 saturated heterocycles. The van der Waals surface area contributed by atoms with Crippen LogP contribution < -0.4 is 0 Å². The second-order valence-corrected chi connectivity index (χ2v) is 6.59. The van der Waals surface area contributed by atoms with Crippen LogP contribution in [0.15, 0.2) is 12.4 Å². The molecule has 21 heavy (non-hydrogen) atoms. The van der Waals surface area contributed by atoms with E-state index in [4.69, 9.17) is 0 Å². The lowest BCUT2D eigenvalue weighted by Crippen LogP contribution is -2.52. The molecule has 0 unspecified atom stereocenters. The molecule has 2 atom stereocenters. The van der Waals surface area contributed by atoms with Crippen LogP contribution in [0.4, 0.5) is 0 Å². The number of rotatable bonds is 5. The second-order valence-electron chi connectivity index (χ2n) is 5.68. The average molecular weight is 310 g/mol. The Morgan fingerprint density at radius 2 is 2.29 bits per heavy atom. The summed E-state index contributed by atoms with van der Waals surface area (Å²) >= 11 is 1.73. The van der Waals surface area contributed by atoms with Gasteiger partial charge in [0.15, 0.2) is 0 Å². The molecule has 1 aromatic heterocycles. The Kier molecular flexibility index (Phi) is 5.70. The maximum atomic E-state index is 12.5. The van der Waals surface area contributed by atoms with Crippen molar-refractivity contribution in [2.45, 2.75) is 19.9 Å². The van der Waals surface area contributed by atoms with Gasteiger partial charge < -0.3 is 9.47 Å². The summed E-state index contributed by atoms with van der Waals surface area (Å²) in [5, 5.41) is 0. The minimum absolute atomic E-state index is 0.0928. The lowest BCUT2D eigenvalue weighted by molar-refractivity contribution is -0.137. The quantitative estimate of drug-likeness (QED) is 0.829. The maximum absolute atomic E-state index is 12.5. The highest BCUT2D eigenvalue weighted by molar-refractivity contribution is 7.98. The van der Waals surface area contributed by atoms with Gasteiger partial charge in [0.1, 0.15) is 5.82 Å². The van der Waals surface area contributed by atoms with Crippen molar-refractivity contribution in [3.05, 3.63) is 18.2 Å². The Morgan fingerprint density at radius 1 is 1.52 bits per heavy atom. The first-order chi connectivity index (χ1) is 10.1. The van der Waals surface area contributed by atoms with Crippen LogP contribution in [0.5, 0.6) is 0 Å². The Morgan fingerprint density at radius 3 is 2.86 bits per heavy atom. The van der Waals surface area contributed by atoms with E-state index in [1.807, 2.05) is 31.3 Å². The number of imidazole rings is 1. The molecule has 5 nitrogen and oxygen atoms in total. The first-order valence-electron chi connectivity index (χ1n) is 7.57. The van der Waals surface area contributed by atoms with Crippen LogP contribution in [-0.4, -0.2) is 63.4 Å². The molecule has 6 heteroatoms. The van der Waals surface area contributed by atoms with E-state index in [0.717, 1.165) is 37.8 Å². The third kappa shape index (κ3) is 3.61. The number of amides is 1. The minimum atomic E-state index is 0.0928. The molecule has 0 N–H and O–H groups in total. The SMILES string of the molecule is CCN1CCN(C(=O)[C@H](C)CSC)C[C@@H]1c1nccn1C. The zero-order chi connectivity index (χ0) is 15.4. The van der Waals surface area contributed by atoms with Gasteiger partial charge in [-0.05, 0) is 12.8 Å². The van der Waals surface area contributed by atoms with Crippen molar-refractivity contribution >= 4 is 17.7 Å². The summed E-state index contributed by atoms with van der Waals surface area (Å²) in [6, 6.07) is 0.203. The van der Waals surface area contributed by atoms with E-state index in [-0.39, 0.29) is 17.9 Å². The molecule has 0 saturated carbocycles. The summed E-state index contributed by atoms with van der Waals surface area (Å²) in [7, 11) is 2.02. The molecule has 0 aliphatic carbocycles. The largest absolute Gasteiger partial charge is 0.339 e. The standard InChI is InChI=1S/C15H26N4OS/c1-5-18-8-9-19(15(20)12(2)11-21-4)10-13(18)14-16-6-7-17(14)3/h6-7,12-13H,5,8-11H2,1-4H3/t12-,13-/m1/s1. The smallest absolute Gasteiger partial charge is 0.226 e. The third-order valence-corrected chi connectivity index (χ3v) is 5.04. The Labute approximate surface area is 131 Å². The summed E-state index contributed by atoms with van der Waals surface area (Å²) in [6.45, 7) is 7.68. The molecule has 118 valence electrons. The number of piperazine rings is 1. The van der Waals surface area contributed by atoms with E-state index in [1.165, 1.54) is 0 Å². The molecule has 2 heterocycles. The Balaban J connectivity index is 2.12. The van der Waals surface area contributed by atoms with Gasteiger partial charge in [-0.15, -0.1) is 0 Å². The van der Waals surface area contributed by atoms with E-state index < -0.39 is 0 Å². The topological polar surface area (TPSA) is 41.4 Å². The van der Waals surface area contributed by atoms with Crippen molar-refractivity contribution in [1.29, 1.82) is 0 Å². The Hall–Kier alpha value is -1.01. The molecule has 1 aliphatic heterocycles. The molecule has 0 spiro atoms. The summed E-state index contributed by atoms with van der Waals surface area (Å²) in [6.07, 6.45) is 5.86. The highest BCUT2D eigenvalue weighted by Crippen LogP contribution is 2.25. The predicted octanol–water partition coefficient (Wildman–Crippen LogP) is 1.62. The van der Waals surface area contributed by atoms with E-state index in [1.54, 1.807) is 11.8 Å². The van der Waals surface area contributed by atoms with Crippen LogP contribution in [0, 0.1) is 5.92 Å². The van der Waals surface area contributed by atoms with Gasteiger partial charge in [0.25, 0.3) is 0 Å². The summed E-state index contributed by atoms with van der Waals surface area (Å²) < 4.78 is 2.06. The lowest BCUT2D eigenvalue weighted by atomic mass is 10.1. The van der Waals surface area contributed by atoms with Crippen molar-refractivity contribution in [3.8, 4) is 0 Å². The molecule has 1 fully saturated rings. The minimum Gasteiger partial charge on any atom is -0.339 e. The van der Waals surface area contributed by atoms with Crippen LogP contribution >= 0.6 is 11.8 Å². The number of carbonyl (C=O) groups excluding carboxylic acids is 1. The van der Waals surface area contributed by atoms with Crippen molar-refractivity contribution in [1.82, 2.24) is 19.4 Å². The fourth-order valence-electron chi connectivity index (χ4n) is 2.98. The number of nitrogens with zero attached hydrogens (tertiary/aromatic N) is 4. The zero-order valence-electron chi connectivity index (χ0n) is 13.5. The number of carbonyl (C=O) groups is 1. The number of aryl methyl sites for hydroxylation is 1. The molecule has 1 aromatic rings. The van der Waals surface area contributed by atoms with Crippen LogP contribution in [0.1, 0.15) is 25.7 Å². The lowest BCUT2D eigenvalue weighted by Gasteiger charge is -2.41. The van der Waals surface area contributed by atoms with Crippen molar-refractivity contribution in [2.75, 3.05) is 38.2 Å². The number of hydrogen-bond acceptors (Lipinski definition) is 4. The fraction of sp³-hybridized carbons (Fsp3) is 0.733. The molecule has 2 rings (SSSR count). The van der Waals surface area contributed by atoms with Gasteiger partial charge in [0.2, 0.25) is 5.91 Å². The fourth-order valence-corrected chi connectivity index (χ4v) is 3.62. The van der Waals surface area contributed by atoms with Crippen LogP contribution in [0.25, 0.3) is 0 Å². The number of aromatic nitrogens is 2. The zero-order valence-corrected chi connectivity index (χ0v) is 14.3. The normalized spacial score (nSPS) is 21.5. The molecular formula is C15H26N4OS. The van der Waals surface area contributed by atoms with Gasteiger partial charge >= 0.3 is 0 Å². The summed E-state index contributed by atoms with van der Waals surface area (Å²) in [5.74, 6) is 2.31. The van der Waals surface area contributed by atoms with E-state index in [2.05, 4.69) is 27.6 Å². The molecule has 0 bridgehead atoms. The average Bonchev–Trinajstić information content (AvgIpc) is 2.92. The van der Waals surface area contributed by atoms with Gasteiger partial charge in [-0.1, -0.05) is 13.8 Å². The molecule has 1 aliphatic rings. The van der Waals surface area contributed by atoms with Crippen LogP contribution in [0.3, 0.4) is 0 Å².